The number of non-ortho nitro benzene ring substituents is 1. The number of nitrogens with one attached hydrogen (secondary N) is 1. The smallest absolute Gasteiger partial charge is 0.338 e. The Morgan fingerprint density at radius 2 is 1.96 bits per heavy atom. The number of hydrogen-bond acceptors (Lipinski definition) is 8. The Kier molecular flexibility index (Phi) is 5.06. The number of ether oxygens (including phenoxy) is 4. The van der Waals surface area contributed by atoms with E-state index in [-0.39, 0.29) is 29.5 Å². The van der Waals surface area contributed by atoms with Crippen molar-refractivity contribution in [2.24, 2.45) is 0 Å². The first-order valence-corrected chi connectivity index (χ1v) is 7.67. The molecule has 0 radical (unpaired) electrons. The highest BCUT2D eigenvalue weighted by molar-refractivity contribution is 5.96. The maximum atomic E-state index is 12.0. The molecular weight excluding hydrogens is 360 g/mol. The molecule has 27 heavy (non-hydrogen) atoms. The second-order valence-electron chi connectivity index (χ2n) is 5.33. The van der Waals surface area contributed by atoms with Crippen LogP contribution in [0.4, 0.5) is 11.4 Å². The van der Waals surface area contributed by atoms with Crippen LogP contribution < -0.4 is 19.5 Å². The van der Waals surface area contributed by atoms with E-state index in [4.69, 9.17) is 18.9 Å². The summed E-state index contributed by atoms with van der Waals surface area (Å²) in [5, 5.41) is 13.2. The van der Waals surface area contributed by atoms with E-state index >= 15 is 0 Å². The van der Waals surface area contributed by atoms with Crippen molar-refractivity contribution in [3.63, 3.8) is 0 Å². The van der Waals surface area contributed by atoms with Gasteiger partial charge in [0.2, 0.25) is 6.79 Å². The zero-order valence-electron chi connectivity index (χ0n) is 14.1. The van der Waals surface area contributed by atoms with Crippen molar-refractivity contribution >= 4 is 23.3 Å². The minimum absolute atomic E-state index is 0.0767. The van der Waals surface area contributed by atoms with E-state index in [1.54, 1.807) is 6.07 Å². The molecule has 1 N–H and O–H groups in total. The lowest BCUT2D eigenvalue weighted by atomic mass is 10.2. The van der Waals surface area contributed by atoms with E-state index in [1.807, 2.05) is 0 Å². The molecule has 0 saturated carbocycles. The molecule has 0 spiro atoms. The van der Waals surface area contributed by atoms with Crippen LogP contribution in [0, 0.1) is 10.1 Å². The van der Waals surface area contributed by atoms with Gasteiger partial charge in [0.1, 0.15) is 5.75 Å². The van der Waals surface area contributed by atoms with Crippen molar-refractivity contribution in [1.29, 1.82) is 0 Å². The van der Waals surface area contributed by atoms with Crippen molar-refractivity contribution < 1.29 is 33.5 Å². The Morgan fingerprint density at radius 1 is 1.19 bits per heavy atom. The molecule has 1 heterocycles. The molecule has 2 aromatic carbocycles. The average Bonchev–Trinajstić information content (AvgIpc) is 3.14. The summed E-state index contributed by atoms with van der Waals surface area (Å²) in [5.41, 5.74) is 0.242. The first kappa shape index (κ1) is 18.0. The average molecular weight is 374 g/mol. The first-order valence-electron chi connectivity index (χ1n) is 7.67. The topological polar surface area (TPSA) is 126 Å². The van der Waals surface area contributed by atoms with Gasteiger partial charge < -0.3 is 24.3 Å². The molecule has 140 valence electrons. The molecule has 0 aromatic heterocycles. The van der Waals surface area contributed by atoms with Crippen LogP contribution in [0.2, 0.25) is 0 Å². The maximum absolute atomic E-state index is 12.0. The maximum Gasteiger partial charge on any atom is 0.338 e. The number of carbonyl (C=O) groups is 2. The van der Waals surface area contributed by atoms with Gasteiger partial charge in [-0.1, -0.05) is 0 Å². The van der Waals surface area contributed by atoms with Crippen molar-refractivity contribution in [1.82, 2.24) is 0 Å². The third-order valence-electron chi connectivity index (χ3n) is 3.61. The largest absolute Gasteiger partial charge is 0.494 e. The zero-order valence-corrected chi connectivity index (χ0v) is 14.1. The van der Waals surface area contributed by atoms with Crippen LogP contribution in [-0.4, -0.2) is 37.3 Å². The van der Waals surface area contributed by atoms with Crippen molar-refractivity contribution in [2.45, 2.75) is 0 Å². The van der Waals surface area contributed by atoms with Gasteiger partial charge in [0.15, 0.2) is 18.1 Å². The zero-order chi connectivity index (χ0) is 19.4. The summed E-state index contributed by atoms with van der Waals surface area (Å²) >= 11 is 0. The van der Waals surface area contributed by atoms with Crippen molar-refractivity contribution in [3.8, 4) is 17.2 Å². The number of esters is 1. The van der Waals surface area contributed by atoms with Gasteiger partial charge in [0.05, 0.1) is 29.4 Å². The number of fused-ring (bicyclic) bond motifs is 1. The predicted octanol–water partition coefficient (Wildman–Crippen LogP) is 2.13. The lowest BCUT2D eigenvalue weighted by molar-refractivity contribution is -0.384. The fraction of sp³-hybridized carbons (Fsp3) is 0.176. The van der Waals surface area contributed by atoms with Gasteiger partial charge in [0, 0.05) is 6.07 Å². The summed E-state index contributed by atoms with van der Waals surface area (Å²) in [4.78, 5) is 34.2. The normalized spacial score (nSPS) is 11.6. The number of benzene rings is 2. The number of methoxy groups -OCH3 is 1. The minimum atomic E-state index is -0.709. The Labute approximate surface area is 152 Å². The van der Waals surface area contributed by atoms with Crippen molar-refractivity contribution in [3.05, 3.63) is 52.1 Å². The van der Waals surface area contributed by atoms with Crippen LogP contribution in [-0.2, 0) is 9.53 Å². The third kappa shape index (κ3) is 4.06. The predicted molar refractivity (Wildman–Crippen MR) is 91.1 cm³/mol. The van der Waals surface area contributed by atoms with Crippen LogP contribution in [0.25, 0.3) is 0 Å². The van der Waals surface area contributed by atoms with E-state index < -0.39 is 23.4 Å². The van der Waals surface area contributed by atoms with E-state index in [2.05, 4.69) is 5.32 Å². The molecular formula is C17H14N2O8. The summed E-state index contributed by atoms with van der Waals surface area (Å²) in [5.74, 6) is -0.283. The van der Waals surface area contributed by atoms with Crippen LogP contribution in [0.5, 0.6) is 17.2 Å². The quantitative estimate of drug-likeness (QED) is 0.463. The lowest BCUT2D eigenvalue weighted by Crippen LogP contribution is -2.21. The Balaban J connectivity index is 1.59. The van der Waals surface area contributed by atoms with Crippen LogP contribution >= 0.6 is 0 Å². The Morgan fingerprint density at radius 3 is 2.70 bits per heavy atom. The molecule has 1 aliphatic heterocycles. The number of carbonyl (C=O) groups excluding carboxylic acids is 2. The highest BCUT2D eigenvalue weighted by Gasteiger charge is 2.18. The molecule has 0 unspecified atom stereocenters. The second kappa shape index (κ2) is 7.60. The standard InChI is InChI=1S/C17H14N2O8/c1-24-14-7-11(19(22)23)3-4-12(14)18-16(20)8-25-17(21)10-2-5-13-15(6-10)27-9-26-13/h2-7H,8-9H2,1H3,(H,18,20). The van der Waals surface area contributed by atoms with E-state index in [1.165, 1.54) is 37.4 Å². The molecule has 0 bridgehead atoms. The number of amides is 1. The summed E-state index contributed by atoms with van der Waals surface area (Å²) in [6.45, 7) is -0.472. The molecule has 0 fully saturated rings. The number of nitrogens with zero attached hydrogens (tertiary/aromatic N) is 1. The second-order valence-corrected chi connectivity index (χ2v) is 5.33. The van der Waals surface area contributed by atoms with Gasteiger partial charge in [-0.15, -0.1) is 0 Å². The van der Waals surface area contributed by atoms with Gasteiger partial charge >= 0.3 is 5.97 Å². The number of nitro groups is 1. The van der Waals surface area contributed by atoms with Crippen molar-refractivity contribution in [2.75, 3.05) is 25.8 Å². The van der Waals surface area contributed by atoms with E-state index in [0.29, 0.717) is 11.5 Å². The van der Waals surface area contributed by atoms with Crippen LogP contribution in [0.1, 0.15) is 10.4 Å². The molecule has 0 atom stereocenters. The summed E-state index contributed by atoms with van der Waals surface area (Å²) in [6.07, 6.45) is 0. The number of nitro benzene ring substituents is 1. The monoisotopic (exact) mass is 374 g/mol. The van der Waals surface area contributed by atoms with Gasteiger partial charge in [-0.3, -0.25) is 14.9 Å². The lowest BCUT2D eigenvalue weighted by Gasteiger charge is -2.10. The van der Waals surface area contributed by atoms with E-state index in [9.17, 15) is 19.7 Å². The fourth-order valence-corrected chi connectivity index (χ4v) is 2.32. The SMILES string of the molecule is COc1cc([N+](=O)[O-])ccc1NC(=O)COC(=O)c1ccc2c(c1)OCO2. The molecule has 2 aromatic rings. The molecule has 10 nitrogen and oxygen atoms in total. The Bertz CT molecular complexity index is 912. The molecule has 1 amide bonds. The summed E-state index contributed by atoms with van der Waals surface area (Å²) < 4.78 is 20.3. The first-order chi connectivity index (χ1) is 13.0. The van der Waals surface area contributed by atoms with Gasteiger partial charge in [-0.2, -0.15) is 0 Å². The number of anilines is 1. The number of rotatable bonds is 6. The van der Waals surface area contributed by atoms with Gasteiger partial charge in [0.25, 0.3) is 11.6 Å². The van der Waals surface area contributed by atoms with Gasteiger partial charge in [-0.05, 0) is 24.3 Å². The van der Waals surface area contributed by atoms with Crippen LogP contribution in [0.3, 0.4) is 0 Å². The highest BCUT2D eigenvalue weighted by Crippen LogP contribution is 2.32. The molecule has 10 heteroatoms. The Hall–Kier alpha value is -3.82. The van der Waals surface area contributed by atoms with Crippen LogP contribution in [0.15, 0.2) is 36.4 Å². The summed E-state index contributed by atoms with van der Waals surface area (Å²) in [6, 6.07) is 8.25. The molecule has 1 aliphatic rings. The third-order valence-corrected chi connectivity index (χ3v) is 3.61. The minimum Gasteiger partial charge on any atom is -0.494 e. The molecule has 0 saturated heterocycles. The highest BCUT2D eigenvalue weighted by atomic mass is 16.7. The van der Waals surface area contributed by atoms with E-state index in [0.717, 1.165) is 0 Å². The molecule has 0 aliphatic carbocycles. The summed E-state index contributed by atoms with van der Waals surface area (Å²) in [7, 11) is 1.31. The fourth-order valence-electron chi connectivity index (χ4n) is 2.32. The van der Waals surface area contributed by atoms with Gasteiger partial charge in [-0.25, -0.2) is 4.79 Å². The molecule has 3 rings (SSSR count). The number of hydrogen-bond donors (Lipinski definition) is 1.